The lowest BCUT2D eigenvalue weighted by Crippen LogP contribution is -2.36. The number of aryl methyl sites for hydroxylation is 1. The molecular formula is C17H24N6O. The largest absolute Gasteiger partial charge is 0.476 e. The zero-order valence-electron chi connectivity index (χ0n) is 14.5. The predicted molar refractivity (Wildman–Crippen MR) is 93.6 cm³/mol. The minimum absolute atomic E-state index is 0.540. The summed E-state index contributed by atoms with van der Waals surface area (Å²) in [4.78, 5) is 21.4. The first-order valence-corrected chi connectivity index (χ1v) is 8.28. The first-order chi connectivity index (χ1) is 11.6. The lowest BCUT2D eigenvalue weighted by molar-refractivity contribution is 0.214. The summed E-state index contributed by atoms with van der Waals surface area (Å²) in [5.74, 6) is 3.12. The molecule has 0 unspecified atom stereocenters. The summed E-state index contributed by atoms with van der Waals surface area (Å²) >= 11 is 0. The highest BCUT2D eigenvalue weighted by Crippen LogP contribution is 2.24. The minimum atomic E-state index is 0.540. The van der Waals surface area contributed by atoms with Crippen molar-refractivity contribution in [2.75, 3.05) is 43.6 Å². The van der Waals surface area contributed by atoms with Gasteiger partial charge >= 0.3 is 0 Å². The molecule has 0 saturated carbocycles. The first-order valence-electron chi connectivity index (χ1n) is 8.28. The van der Waals surface area contributed by atoms with E-state index >= 15 is 0 Å². The quantitative estimate of drug-likeness (QED) is 0.831. The summed E-state index contributed by atoms with van der Waals surface area (Å²) in [6.45, 7) is 4.58. The Morgan fingerprint density at radius 2 is 1.88 bits per heavy atom. The minimum Gasteiger partial charge on any atom is -0.476 e. The van der Waals surface area contributed by atoms with Crippen LogP contribution in [0.3, 0.4) is 0 Å². The molecule has 24 heavy (non-hydrogen) atoms. The average Bonchev–Trinajstić information content (AvgIpc) is 2.61. The summed E-state index contributed by atoms with van der Waals surface area (Å²) in [5.41, 5.74) is 0.840. The number of hydrogen-bond donors (Lipinski definition) is 0. The molecule has 0 radical (unpaired) electrons. The number of anilines is 2. The number of aromatic nitrogens is 4. The zero-order valence-corrected chi connectivity index (χ0v) is 14.5. The van der Waals surface area contributed by atoms with Gasteiger partial charge in [-0.15, -0.1) is 0 Å². The fourth-order valence-electron chi connectivity index (χ4n) is 2.82. The first kappa shape index (κ1) is 16.4. The van der Waals surface area contributed by atoms with Gasteiger partial charge in [0.15, 0.2) is 0 Å². The molecule has 0 atom stereocenters. The Balaban J connectivity index is 1.52. The third-order valence-corrected chi connectivity index (χ3v) is 4.33. The molecule has 0 bridgehead atoms. The second kappa shape index (κ2) is 7.42. The molecule has 3 rings (SSSR count). The van der Waals surface area contributed by atoms with Crippen LogP contribution in [0, 0.1) is 12.8 Å². The van der Waals surface area contributed by atoms with Gasteiger partial charge in [0.25, 0.3) is 0 Å². The maximum absolute atomic E-state index is 5.84. The average molecular weight is 328 g/mol. The molecule has 2 aromatic heterocycles. The van der Waals surface area contributed by atoms with Crippen LogP contribution >= 0.6 is 0 Å². The van der Waals surface area contributed by atoms with Crippen molar-refractivity contribution in [3.05, 3.63) is 30.5 Å². The van der Waals surface area contributed by atoms with Gasteiger partial charge in [-0.2, -0.15) is 0 Å². The van der Waals surface area contributed by atoms with Gasteiger partial charge in [0.1, 0.15) is 18.0 Å². The standard InChI is InChI=1S/C17H24N6O/c1-13-17(19-7-6-18-13)24-11-14-4-8-23(9-5-14)16-10-15(22(2)3)20-12-21-16/h6-7,10,12,14H,4-5,8-9,11H2,1-3H3. The SMILES string of the molecule is Cc1nccnc1OCC1CCN(c2cc(N(C)C)ncn2)CC1. The summed E-state index contributed by atoms with van der Waals surface area (Å²) < 4.78 is 5.84. The van der Waals surface area contributed by atoms with Crippen LogP contribution in [0.25, 0.3) is 0 Å². The number of ether oxygens (including phenoxy) is 1. The Labute approximate surface area is 142 Å². The van der Waals surface area contributed by atoms with E-state index in [1.807, 2.05) is 32.0 Å². The van der Waals surface area contributed by atoms with Gasteiger partial charge in [-0.3, -0.25) is 4.98 Å². The molecule has 1 aliphatic heterocycles. The third-order valence-electron chi connectivity index (χ3n) is 4.33. The maximum atomic E-state index is 5.84. The highest BCUT2D eigenvalue weighted by molar-refractivity contribution is 5.49. The molecule has 0 N–H and O–H groups in total. The van der Waals surface area contributed by atoms with Crippen molar-refractivity contribution in [2.24, 2.45) is 5.92 Å². The lowest BCUT2D eigenvalue weighted by atomic mass is 9.98. The number of piperidine rings is 1. The Morgan fingerprint density at radius 3 is 2.58 bits per heavy atom. The van der Waals surface area contributed by atoms with Crippen LogP contribution in [0.4, 0.5) is 11.6 Å². The van der Waals surface area contributed by atoms with E-state index in [9.17, 15) is 0 Å². The lowest BCUT2D eigenvalue weighted by Gasteiger charge is -2.32. The molecular weight excluding hydrogens is 304 g/mol. The number of rotatable bonds is 5. The molecule has 0 aromatic carbocycles. The predicted octanol–water partition coefficient (Wildman–Crippen LogP) is 1.94. The molecule has 1 saturated heterocycles. The molecule has 3 heterocycles. The van der Waals surface area contributed by atoms with E-state index in [0.717, 1.165) is 43.3 Å². The van der Waals surface area contributed by atoms with Crippen molar-refractivity contribution in [1.82, 2.24) is 19.9 Å². The summed E-state index contributed by atoms with van der Waals surface area (Å²) in [6.07, 6.45) is 7.16. The van der Waals surface area contributed by atoms with Gasteiger partial charge in [0.05, 0.1) is 12.3 Å². The van der Waals surface area contributed by atoms with E-state index in [2.05, 4.69) is 24.8 Å². The van der Waals surface area contributed by atoms with Crippen LogP contribution in [0.1, 0.15) is 18.5 Å². The fourth-order valence-corrected chi connectivity index (χ4v) is 2.82. The van der Waals surface area contributed by atoms with E-state index < -0.39 is 0 Å². The Bertz CT molecular complexity index is 670. The zero-order chi connectivity index (χ0) is 16.9. The van der Waals surface area contributed by atoms with Crippen molar-refractivity contribution in [3.63, 3.8) is 0 Å². The molecule has 7 nitrogen and oxygen atoms in total. The van der Waals surface area contributed by atoms with E-state index in [1.54, 1.807) is 18.7 Å². The highest BCUT2D eigenvalue weighted by atomic mass is 16.5. The monoisotopic (exact) mass is 328 g/mol. The summed E-state index contributed by atoms with van der Waals surface area (Å²) in [7, 11) is 3.98. The van der Waals surface area contributed by atoms with Crippen LogP contribution in [-0.4, -0.2) is 53.7 Å². The van der Waals surface area contributed by atoms with E-state index in [-0.39, 0.29) is 0 Å². The molecule has 1 aliphatic rings. The normalized spacial score (nSPS) is 15.4. The molecule has 0 amide bonds. The molecule has 1 fully saturated rings. The van der Waals surface area contributed by atoms with Crippen LogP contribution in [0.5, 0.6) is 5.88 Å². The highest BCUT2D eigenvalue weighted by Gasteiger charge is 2.21. The van der Waals surface area contributed by atoms with Crippen LogP contribution in [-0.2, 0) is 0 Å². The van der Waals surface area contributed by atoms with E-state index in [1.165, 1.54) is 0 Å². The van der Waals surface area contributed by atoms with Gasteiger partial charge in [0.2, 0.25) is 5.88 Å². The van der Waals surface area contributed by atoms with Crippen molar-refractivity contribution >= 4 is 11.6 Å². The van der Waals surface area contributed by atoms with Crippen LogP contribution < -0.4 is 14.5 Å². The van der Waals surface area contributed by atoms with Gasteiger partial charge < -0.3 is 14.5 Å². The van der Waals surface area contributed by atoms with Gasteiger partial charge in [-0.1, -0.05) is 0 Å². The van der Waals surface area contributed by atoms with Gasteiger partial charge in [-0.25, -0.2) is 15.0 Å². The van der Waals surface area contributed by atoms with E-state index in [0.29, 0.717) is 18.4 Å². The molecule has 7 heteroatoms. The van der Waals surface area contributed by atoms with Crippen LogP contribution in [0.2, 0.25) is 0 Å². The van der Waals surface area contributed by atoms with Crippen molar-refractivity contribution < 1.29 is 4.74 Å². The van der Waals surface area contributed by atoms with Gasteiger partial charge in [-0.05, 0) is 25.7 Å². The maximum Gasteiger partial charge on any atom is 0.235 e. The van der Waals surface area contributed by atoms with Crippen molar-refractivity contribution in [1.29, 1.82) is 0 Å². The molecule has 2 aromatic rings. The number of nitrogens with zero attached hydrogens (tertiary/aromatic N) is 6. The number of hydrogen-bond acceptors (Lipinski definition) is 7. The smallest absolute Gasteiger partial charge is 0.235 e. The third kappa shape index (κ3) is 3.90. The van der Waals surface area contributed by atoms with Gasteiger partial charge in [0, 0.05) is 45.6 Å². The molecule has 0 aliphatic carbocycles. The summed E-state index contributed by atoms with van der Waals surface area (Å²) in [6, 6.07) is 2.04. The fraction of sp³-hybridized carbons (Fsp3) is 0.529. The second-order valence-corrected chi connectivity index (χ2v) is 6.32. The Hall–Kier alpha value is -2.44. The second-order valence-electron chi connectivity index (χ2n) is 6.32. The Kier molecular flexibility index (Phi) is 5.08. The molecule has 128 valence electrons. The Morgan fingerprint density at radius 1 is 1.12 bits per heavy atom. The summed E-state index contributed by atoms with van der Waals surface area (Å²) in [5, 5.41) is 0. The van der Waals surface area contributed by atoms with E-state index in [4.69, 9.17) is 4.74 Å². The molecule has 0 spiro atoms. The van der Waals surface area contributed by atoms with Crippen molar-refractivity contribution in [2.45, 2.75) is 19.8 Å². The topological polar surface area (TPSA) is 67.3 Å². The van der Waals surface area contributed by atoms with Crippen LogP contribution in [0.15, 0.2) is 24.8 Å². The van der Waals surface area contributed by atoms with Crippen molar-refractivity contribution in [3.8, 4) is 5.88 Å².